The maximum Gasteiger partial charge on any atom is 0.0946 e. The third kappa shape index (κ3) is 3.02. The van der Waals surface area contributed by atoms with Crippen molar-refractivity contribution in [2.24, 2.45) is 0 Å². The molecule has 0 bridgehead atoms. The van der Waals surface area contributed by atoms with Crippen molar-refractivity contribution in [3.63, 3.8) is 0 Å². The molecule has 0 atom stereocenters. The number of morpholine rings is 1. The van der Waals surface area contributed by atoms with Crippen molar-refractivity contribution in [3.8, 4) is 0 Å². The standard InChI is InChI=1S/C13H16N4OS/c1-2-4-13(17-5-7-18-8-6-17)12(3-1)14-9-11-10-19-16-15-11/h1-4,10,14H,5-9H2. The molecule has 0 saturated carbocycles. The van der Waals surface area contributed by atoms with Gasteiger partial charge in [-0.2, -0.15) is 0 Å². The molecule has 6 heteroatoms. The molecule has 1 fully saturated rings. The summed E-state index contributed by atoms with van der Waals surface area (Å²) in [5, 5.41) is 9.44. The number of benzene rings is 1. The lowest BCUT2D eigenvalue weighted by Crippen LogP contribution is -2.36. The van der Waals surface area contributed by atoms with Crippen LogP contribution in [-0.4, -0.2) is 35.9 Å². The van der Waals surface area contributed by atoms with E-state index in [1.807, 2.05) is 11.4 Å². The molecule has 1 N–H and O–H groups in total. The van der Waals surface area contributed by atoms with Gasteiger partial charge in [0.2, 0.25) is 0 Å². The van der Waals surface area contributed by atoms with Gasteiger partial charge in [0.15, 0.2) is 0 Å². The van der Waals surface area contributed by atoms with Crippen molar-refractivity contribution in [1.29, 1.82) is 0 Å². The summed E-state index contributed by atoms with van der Waals surface area (Å²) in [7, 11) is 0. The quantitative estimate of drug-likeness (QED) is 0.925. The van der Waals surface area contributed by atoms with Crippen molar-refractivity contribution in [2.75, 3.05) is 36.5 Å². The molecule has 0 unspecified atom stereocenters. The average Bonchev–Trinajstić information content (AvgIpc) is 3.00. The van der Waals surface area contributed by atoms with E-state index in [1.54, 1.807) is 0 Å². The maximum absolute atomic E-state index is 5.40. The van der Waals surface area contributed by atoms with Gasteiger partial charge in [-0.15, -0.1) is 5.10 Å². The minimum Gasteiger partial charge on any atom is -0.378 e. The van der Waals surface area contributed by atoms with Gasteiger partial charge in [-0.1, -0.05) is 16.6 Å². The van der Waals surface area contributed by atoms with Crippen molar-refractivity contribution in [3.05, 3.63) is 35.3 Å². The van der Waals surface area contributed by atoms with Crippen LogP contribution < -0.4 is 10.2 Å². The zero-order valence-electron chi connectivity index (χ0n) is 10.6. The Hall–Kier alpha value is -1.66. The number of rotatable bonds is 4. The van der Waals surface area contributed by atoms with Gasteiger partial charge in [0.1, 0.15) is 0 Å². The molecule has 1 aliphatic heterocycles. The predicted molar refractivity (Wildman–Crippen MR) is 76.7 cm³/mol. The first-order valence-electron chi connectivity index (χ1n) is 6.35. The van der Waals surface area contributed by atoms with E-state index in [2.05, 4.69) is 38.0 Å². The molecule has 1 aromatic heterocycles. The molecule has 19 heavy (non-hydrogen) atoms. The lowest BCUT2D eigenvalue weighted by atomic mass is 10.2. The first kappa shape index (κ1) is 12.4. The number of ether oxygens (including phenoxy) is 1. The SMILES string of the molecule is c1ccc(N2CCOCC2)c(NCc2csnn2)c1. The third-order valence-corrected chi connectivity index (χ3v) is 3.67. The van der Waals surface area contributed by atoms with Crippen molar-refractivity contribution in [2.45, 2.75) is 6.54 Å². The van der Waals surface area contributed by atoms with E-state index in [9.17, 15) is 0 Å². The van der Waals surface area contributed by atoms with E-state index >= 15 is 0 Å². The summed E-state index contributed by atoms with van der Waals surface area (Å²) in [5.74, 6) is 0. The molecule has 0 amide bonds. The average molecular weight is 276 g/mol. The number of nitrogens with zero attached hydrogens (tertiary/aromatic N) is 3. The molecule has 0 aliphatic carbocycles. The Labute approximate surface area is 116 Å². The minimum atomic E-state index is 0.706. The van der Waals surface area contributed by atoms with Crippen molar-refractivity contribution < 1.29 is 4.74 Å². The van der Waals surface area contributed by atoms with Gasteiger partial charge in [-0.3, -0.25) is 0 Å². The highest BCUT2D eigenvalue weighted by molar-refractivity contribution is 7.03. The lowest BCUT2D eigenvalue weighted by Gasteiger charge is -2.30. The summed E-state index contributed by atoms with van der Waals surface area (Å²) in [6.45, 7) is 4.18. The van der Waals surface area contributed by atoms with Crippen LogP contribution in [0.15, 0.2) is 29.6 Å². The molecule has 2 aromatic rings. The first-order valence-corrected chi connectivity index (χ1v) is 7.18. The smallest absolute Gasteiger partial charge is 0.0946 e. The van der Waals surface area contributed by atoms with Crippen molar-refractivity contribution in [1.82, 2.24) is 9.59 Å². The highest BCUT2D eigenvalue weighted by atomic mass is 32.1. The van der Waals surface area contributed by atoms with Crippen LogP contribution in [0, 0.1) is 0 Å². The topological polar surface area (TPSA) is 50.3 Å². The summed E-state index contributed by atoms with van der Waals surface area (Å²) in [6.07, 6.45) is 0. The Balaban J connectivity index is 1.73. The molecule has 0 radical (unpaired) electrons. The van der Waals surface area contributed by atoms with Gasteiger partial charge >= 0.3 is 0 Å². The monoisotopic (exact) mass is 276 g/mol. The fourth-order valence-electron chi connectivity index (χ4n) is 2.15. The van der Waals surface area contributed by atoms with Gasteiger partial charge in [0, 0.05) is 18.5 Å². The summed E-state index contributed by atoms with van der Waals surface area (Å²) in [5.41, 5.74) is 3.34. The summed E-state index contributed by atoms with van der Waals surface area (Å²) in [6, 6.07) is 8.36. The minimum absolute atomic E-state index is 0.706. The molecular weight excluding hydrogens is 260 g/mol. The van der Waals surface area contributed by atoms with Gasteiger partial charge in [0.25, 0.3) is 0 Å². The van der Waals surface area contributed by atoms with E-state index < -0.39 is 0 Å². The Morgan fingerprint density at radius 2 is 2.11 bits per heavy atom. The maximum atomic E-state index is 5.40. The highest BCUT2D eigenvalue weighted by Crippen LogP contribution is 2.26. The van der Waals surface area contributed by atoms with Crippen molar-refractivity contribution >= 4 is 22.9 Å². The number of anilines is 2. The first-order chi connectivity index (χ1) is 9.43. The predicted octanol–water partition coefficient (Wildman–Crippen LogP) is 1.99. The van der Waals surface area contributed by atoms with Crippen LogP contribution in [0.2, 0.25) is 0 Å². The van der Waals surface area contributed by atoms with Gasteiger partial charge in [-0.05, 0) is 23.7 Å². The van der Waals surface area contributed by atoms with E-state index in [0.29, 0.717) is 6.54 Å². The summed E-state index contributed by atoms with van der Waals surface area (Å²) in [4.78, 5) is 2.35. The van der Waals surface area contributed by atoms with E-state index in [0.717, 1.165) is 37.7 Å². The molecule has 0 spiro atoms. The van der Waals surface area contributed by atoms with Crippen LogP contribution in [-0.2, 0) is 11.3 Å². The van der Waals surface area contributed by atoms with E-state index in [-0.39, 0.29) is 0 Å². The zero-order valence-corrected chi connectivity index (χ0v) is 11.4. The van der Waals surface area contributed by atoms with Crippen LogP contribution >= 0.6 is 11.5 Å². The molecule has 1 saturated heterocycles. The Bertz CT molecular complexity index is 511. The van der Waals surface area contributed by atoms with Crippen LogP contribution in [0.3, 0.4) is 0 Å². The second-order valence-corrected chi connectivity index (χ2v) is 4.98. The highest BCUT2D eigenvalue weighted by Gasteiger charge is 2.14. The largest absolute Gasteiger partial charge is 0.378 e. The Morgan fingerprint density at radius 3 is 2.89 bits per heavy atom. The third-order valence-electron chi connectivity index (χ3n) is 3.12. The molecule has 100 valence electrons. The molecule has 5 nitrogen and oxygen atoms in total. The summed E-state index contributed by atoms with van der Waals surface area (Å²) >= 11 is 1.38. The fourth-order valence-corrected chi connectivity index (χ4v) is 2.60. The second kappa shape index (κ2) is 5.99. The van der Waals surface area contributed by atoms with E-state index in [4.69, 9.17) is 4.74 Å². The molecule has 3 rings (SSSR count). The number of para-hydroxylation sites is 2. The van der Waals surface area contributed by atoms with E-state index in [1.165, 1.54) is 17.2 Å². The molecule has 1 aromatic carbocycles. The van der Waals surface area contributed by atoms with Crippen LogP contribution in [0.5, 0.6) is 0 Å². The molecular formula is C13H16N4OS. The molecule has 2 heterocycles. The lowest BCUT2D eigenvalue weighted by molar-refractivity contribution is 0.123. The number of nitrogens with one attached hydrogen (secondary N) is 1. The van der Waals surface area contributed by atoms with Gasteiger partial charge in [-0.25, -0.2) is 0 Å². The number of hydrogen-bond acceptors (Lipinski definition) is 6. The number of hydrogen-bond donors (Lipinski definition) is 1. The fraction of sp³-hybridized carbons (Fsp3) is 0.385. The Kier molecular flexibility index (Phi) is 3.90. The second-order valence-electron chi connectivity index (χ2n) is 4.37. The number of aromatic nitrogens is 2. The van der Waals surface area contributed by atoms with Gasteiger partial charge < -0.3 is 15.0 Å². The zero-order chi connectivity index (χ0) is 12.9. The Morgan fingerprint density at radius 1 is 1.26 bits per heavy atom. The van der Waals surface area contributed by atoms with Crippen LogP contribution in [0.25, 0.3) is 0 Å². The van der Waals surface area contributed by atoms with Crippen LogP contribution in [0.4, 0.5) is 11.4 Å². The molecule has 1 aliphatic rings. The normalized spacial score (nSPS) is 15.5. The summed E-state index contributed by atoms with van der Waals surface area (Å²) < 4.78 is 9.27. The van der Waals surface area contributed by atoms with Crippen LogP contribution in [0.1, 0.15) is 5.69 Å². The van der Waals surface area contributed by atoms with Gasteiger partial charge in [0.05, 0.1) is 36.8 Å².